The predicted molar refractivity (Wildman–Crippen MR) is 86.9 cm³/mol. The molecular formula is C16H13Cl2N3O. The first-order chi connectivity index (χ1) is 10.6. The number of halogens is 2. The van der Waals surface area contributed by atoms with Crippen molar-refractivity contribution in [1.29, 1.82) is 0 Å². The Morgan fingerprint density at radius 3 is 2.55 bits per heavy atom. The fraction of sp³-hybridized carbons (Fsp3) is 0.125. The fourth-order valence-electron chi connectivity index (χ4n) is 2.28. The molecule has 0 radical (unpaired) electrons. The van der Waals surface area contributed by atoms with E-state index in [1.54, 1.807) is 41.5 Å². The fourth-order valence-corrected chi connectivity index (χ4v) is 2.81. The van der Waals surface area contributed by atoms with Crippen LogP contribution in [0.15, 0.2) is 55.0 Å². The van der Waals surface area contributed by atoms with Crippen LogP contribution < -0.4 is 0 Å². The quantitative estimate of drug-likeness (QED) is 0.785. The van der Waals surface area contributed by atoms with Crippen LogP contribution in [0.25, 0.3) is 11.3 Å². The number of aliphatic hydroxyl groups is 1. The molecule has 0 spiro atoms. The van der Waals surface area contributed by atoms with Gasteiger partial charge in [-0.2, -0.15) is 5.10 Å². The van der Waals surface area contributed by atoms with Crippen LogP contribution in [0.3, 0.4) is 0 Å². The number of nitrogens with zero attached hydrogens (tertiary/aromatic N) is 3. The lowest BCUT2D eigenvalue weighted by molar-refractivity contribution is 0.152. The van der Waals surface area contributed by atoms with Crippen LogP contribution in [0.2, 0.25) is 10.0 Å². The van der Waals surface area contributed by atoms with Gasteiger partial charge in [0.05, 0.1) is 12.2 Å². The summed E-state index contributed by atoms with van der Waals surface area (Å²) in [5.74, 6) is 0. The van der Waals surface area contributed by atoms with Gasteiger partial charge in [-0.15, -0.1) is 0 Å². The smallest absolute Gasteiger partial charge is 0.100 e. The minimum absolute atomic E-state index is 0.298. The maximum Gasteiger partial charge on any atom is 0.100 e. The summed E-state index contributed by atoms with van der Waals surface area (Å²) in [6.07, 6.45) is 4.37. The highest BCUT2D eigenvalue weighted by molar-refractivity contribution is 6.35. The molecule has 3 rings (SSSR count). The molecule has 1 unspecified atom stereocenters. The molecule has 0 fully saturated rings. The predicted octanol–water partition coefficient (Wildman–Crippen LogP) is 3.99. The molecule has 112 valence electrons. The van der Waals surface area contributed by atoms with Gasteiger partial charge in [0.25, 0.3) is 0 Å². The number of benzene rings is 1. The minimum Gasteiger partial charge on any atom is -0.386 e. The highest BCUT2D eigenvalue weighted by Crippen LogP contribution is 2.28. The van der Waals surface area contributed by atoms with Crippen molar-refractivity contribution >= 4 is 23.2 Å². The summed E-state index contributed by atoms with van der Waals surface area (Å²) in [5, 5.41) is 15.7. The molecule has 6 heteroatoms. The van der Waals surface area contributed by atoms with Crippen LogP contribution in [0, 0.1) is 0 Å². The zero-order valence-electron chi connectivity index (χ0n) is 11.5. The molecule has 0 saturated carbocycles. The highest BCUT2D eigenvalue weighted by Gasteiger charge is 2.15. The third-order valence-corrected chi connectivity index (χ3v) is 3.92. The second-order valence-electron chi connectivity index (χ2n) is 4.82. The number of aliphatic hydroxyl groups excluding tert-OH is 1. The van der Waals surface area contributed by atoms with Crippen LogP contribution in [0.1, 0.15) is 11.7 Å². The number of hydrogen-bond donors (Lipinski definition) is 1. The van der Waals surface area contributed by atoms with Crippen molar-refractivity contribution in [1.82, 2.24) is 14.8 Å². The molecule has 2 heterocycles. The first kappa shape index (κ1) is 15.0. The van der Waals surface area contributed by atoms with E-state index in [0.29, 0.717) is 22.2 Å². The summed E-state index contributed by atoms with van der Waals surface area (Å²) in [6.45, 7) is 0.298. The summed E-state index contributed by atoms with van der Waals surface area (Å²) >= 11 is 12.0. The molecule has 0 aliphatic carbocycles. The number of pyridine rings is 1. The average molecular weight is 334 g/mol. The maximum atomic E-state index is 10.4. The van der Waals surface area contributed by atoms with E-state index in [2.05, 4.69) is 10.1 Å². The van der Waals surface area contributed by atoms with Gasteiger partial charge in [0.1, 0.15) is 6.10 Å². The van der Waals surface area contributed by atoms with Crippen molar-refractivity contribution in [2.24, 2.45) is 0 Å². The van der Waals surface area contributed by atoms with Crippen molar-refractivity contribution in [3.8, 4) is 11.3 Å². The maximum absolute atomic E-state index is 10.4. The zero-order chi connectivity index (χ0) is 15.5. The van der Waals surface area contributed by atoms with E-state index in [0.717, 1.165) is 11.3 Å². The Labute approximate surface area is 138 Å². The second kappa shape index (κ2) is 6.48. The molecular weight excluding hydrogens is 321 g/mol. The number of hydrogen-bond acceptors (Lipinski definition) is 3. The monoisotopic (exact) mass is 333 g/mol. The lowest BCUT2D eigenvalue weighted by atomic mass is 10.1. The molecule has 0 aliphatic heterocycles. The summed E-state index contributed by atoms with van der Waals surface area (Å²) in [5.41, 5.74) is 2.52. The van der Waals surface area contributed by atoms with Gasteiger partial charge in [0, 0.05) is 39.8 Å². The summed E-state index contributed by atoms with van der Waals surface area (Å²) in [7, 11) is 0. The normalized spacial score (nSPS) is 12.3. The first-order valence-electron chi connectivity index (χ1n) is 6.70. The molecule has 22 heavy (non-hydrogen) atoms. The van der Waals surface area contributed by atoms with Crippen molar-refractivity contribution in [2.45, 2.75) is 12.6 Å². The Hall–Kier alpha value is -1.88. The SMILES string of the molecule is OC(Cn1nccc1-c1ccncc1)c1ccc(Cl)cc1Cl. The Kier molecular flexibility index (Phi) is 4.43. The van der Waals surface area contributed by atoms with Crippen molar-refractivity contribution < 1.29 is 5.11 Å². The Bertz CT molecular complexity index is 774. The standard InChI is InChI=1S/C16H13Cl2N3O/c17-12-1-2-13(14(18)9-12)16(22)10-21-15(5-8-20-21)11-3-6-19-7-4-11/h1-9,16,22H,10H2. The Morgan fingerprint density at radius 2 is 1.82 bits per heavy atom. The topological polar surface area (TPSA) is 50.9 Å². The molecule has 0 amide bonds. The lowest BCUT2D eigenvalue weighted by Crippen LogP contribution is -2.11. The molecule has 0 aliphatic rings. The van der Waals surface area contributed by atoms with Gasteiger partial charge in [-0.3, -0.25) is 9.67 Å². The van der Waals surface area contributed by atoms with E-state index < -0.39 is 6.10 Å². The van der Waals surface area contributed by atoms with Gasteiger partial charge >= 0.3 is 0 Å². The van der Waals surface area contributed by atoms with Crippen molar-refractivity contribution in [3.63, 3.8) is 0 Å². The van der Waals surface area contributed by atoms with E-state index >= 15 is 0 Å². The lowest BCUT2D eigenvalue weighted by Gasteiger charge is -2.15. The summed E-state index contributed by atoms with van der Waals surface area (Å²) in [4.78, 5) is 4.00. The van der Waals surface area contributed by atoms with Crippen LogP contribution in [-0.2, 0) is 6.54 Å². The first-order valence-corrected chi connectivity index (χ1v) is 7.46. The van der Waals surface area contributed by atoms with Gasteiger partial charge in [0.15, 0.2) is 0 Å². The molecule has 4 nitrogen and oxygen atoms in total. The molecule has 1 atom stereocenters. The van der Waals surface area contributed by atoms with Crippen LogP contribution in [0.5, 0.6) is 0 Å². The van der Waals surface area contributed by atoms with Gasteiger partial charge in [0.2, 0.25) is 0 Å². The molecule has 0 bridgehead atoms. The molecule has 1 aromatic carbocycles. The second-order valence-corrected chi connectivity index (χ2v) is 5.66. The molecule has 0 saturated heterocycles. The van der Waals surface area contributed by atoms with Gasteiger partial charge in [-0.25, -0.2) is 0 Å². The molecule has 3 aromatic rings. The van der Waals surface area contributed by atoms with Gasteiger partial charge in [-0.1, -0.05) is 29.3 Å². The minimum atomic E-state index is -0.773. The average Bonchev–Trinajstić information content (AvgIpc) is 2.96. The third kappa shape index (κ3) is 3.14. The number of aromatic nitrogens is 3. The summed E-state index contributed by atoms with van der Waals surface area (Å²) < 4.78 is 1.74. The van der Waals surface area contributed by atoms with E-state index in [4.69, 9.17) is 23.2 Å². The van der Waals surface area contributed by atoms with Crippen LogP contribution in [-0.4, -0.2) is 19.9 Å². The van der Waals surface area contributed by atoms with E-state index in [1.807, 2.05) is 18.2 Å². The van der Waals surface area contributed by atoms with E-state index in [-0.39, 0.29) is 0 Å². The van der Waals surface area contributed by atoms with Crippen molar-refractivity contribution in [3.05, 3.63) is 70.6 Å². The largest absolute Gasteiger partial charge is 0.386 e. The van der Waals surface area contributed by atoms with Crippen LogP contribution >= 0.6 is 23.2 Å². The van der Waals surface area contributed by atoms with Gasteiger partial charge < -0.3 is 5.11 Å². The Morgan fingerprint density at radius 1 is 1.05 bits per heavy atom. The number of rotatable bonds is 4. The summed E-state index contributed by atoms with van der Waals surface area (Å²) in [6, 6.07) is 10.7. The molecule has 1 N–H and O–H groups in total. The van der Waals surface area contributed by atoms with E-state index in [9.17, 15) is 5.11 Å². The third-order valence-electron chi connectivity index (χ3n) is 3.36. The van der Waals surface area contributed by atoms with Crippen LogP contribution in [0.4, 0.5) is 0 Å². The van der Waals surface area contributed by atoms with E-state index in [1.165, 1.54) is 0 Å². The van der Waals surface area contributed by atoms with Gasteiger partial charge in [-0.05, 0) is 30.3 Å². The zero-order valence-corrected chi connectivity index (χ0v) is 13.0. The molecule has 2 aromatic heterocycles. The van der Waals surface area contributed by atoms with Crippen molar-refractivity contribution in [2.75, 3.05) is 0 Å². The highest BCUT2D eigenvalue weighted by atomic mass is 35.5. The Balaban J connectivity index is 1.86.